The van der Waals surface area contributed by atoms with Crippen LogP contribution >= 0.6 is 0 Å². The van der Waals surface area contributed by atoms with Gasteiger partial charge < -0.3 is 14.4 Å². The van der Waals surface area contributed by atoms with Gasteiger partial charge in [-0.15, -0.1) is 0 Å². The summed E-state index contributed by atoms with van der Waals surface area (Å²) in [5.41, 5.74) is 1.93. The summed E-state index contributed by atoms with van der Waals surface area (Å²) in [7, 11) is 1.64. The lowest BCUT2D eigenvalue weighted by molar-refractivity contribution is -0.142. The number of carbonyl (C=O) groups excluding carboxylic acids is 1. The van der Waals surface area contributed by atoms with Crippen molar-refractivity contribution < 1.29 is 14.3 Å². The Balaban J connectivity index is 1.98. The van der Waals surface area contributed by atoms with Crippen LogP contribution in [0.3, 0.4) is 0 Å². The van der Waals surface area contributed by atoms with Crippen LogP contribution in [0.4, 0.5) is 23.0 Å². The highest BCUT2D eigenvalue weighted by Crippen LogP contribution is 2.45. The van der Waals surface area contributed by atoms with Crippen LogP contribution in [0, 0.1) is 0 Å². The third-order valence-electron chi connectivity index (χ3n) is 3.74. The van der Waals surface area contributed by atoms with Crippen molar-refractivity contribution in [2.75, 3.05) is 36.8 Å². The summed E-state index contributed by atoms with van der Waals surface area (Å²) in [6.07, 6.45) is 3.58. The molecule has 2 aromatic rings. The molecule has 0 bridgehead atoms. The molecule has 0 aliphatic carbocycles. The highest BCUT2D eigenvalue weighted by atomic mass is 16.5. The lowest BCUT2D eigenvalue weighted by Crippen LogP contribution is -2.33. The Hall–Kier alpha value is -2.67. The molecule has 1 aromatic carbocycles. The lowest BCUT2D eigenvalue weighted by Gasteiger charge is -2.37. The van der Waals surface area contributed by atoms with Gasteiger partial charge in [0.2, 0.25) is 0 Å². The summed E-state index contributed by atoms with van der Waals surface area (Å²) in [6, 6.07) is 7.93. The quantitative estimate of drug-likeness (QED) is 0.755. The first-order valence-electron chi connectivity index (χ1n) is 7.86. The topological polar surface area (TPSA) is 67.8 Å². The maximum absolute atomic E-state index is 11.8. The van der Waals surface area contributed by atoms with Gasteiger partial charge >= 0.3 is 5.97 Å². The molecule has 7 nitrogen and oxygen atoms in total. The first-order valence-corrected chi connectivity index (χ1v) is 7.86. The molecule has 3 rings (SSSR count). The molecule has 1 aliphatic rings. The minimum Gasteiger partial charge on any atom is -0.466 e. The molecule has 1 aliphatic heterocycles. The summed E-state index contributed by atoms with van der Waals surface area (Å²) < 4.78 is 10.4. The second-order valence-corrected chi connectivity index (χ2v) is 5.24. The van der Waals surface area contributed by atoms with E-state index in [0.717, 1.165) is 11.4 Å². The third kappa shape index (κ3) is 3.03. The fourth-order valence-electron chi connectivity index (χ4n) is 2.78. The number of nitrogens with zero attached hydrogens (tertiary/aromatic N) is 4. The molecule has 0 N–H and O–H groups in total. The van der Waals surface area contributed by atoms with E-state index in [-0.39, 0.29) is 12.4 Å². The van der Waals surface area contributed by atoms with E-state index in [4.69, 9.17) is 9.47 Å². The maximum Gasteiger partial charge on any atom is 0.307 e. The molecule has 0 radical (unpaired) electrons. The number of methoxy groups -OCH3 is 1. The highest BCUT2D eigenvalue weighted by Gasteiger charge is 2.30. The number of aromatic nitrogens is 2. The Bertz CT molecular complexity index is 675. The molecule has 0 fully saturated rings. The van der Waals surface area contributed by atoms with Gasteiger partial charge in [0.15, 0.2) is 11.6 Å². The van der Waals surface area contributed by atoms with Gasteiger partial charge in [0, 0.05) is 26.0 Å². The summed E-state index contributed by atoms with van der Waals surface area (Å²) >= 11 is 0. The standard InChI is InChI=1S/C17H20N4O3/c1-3-24-15(22)8-11-20-13-6-4-5-7-14(13)21(12-23-2)17-16(20)18-9-10-19-17/h4-7,9-10H,3,8,11-12H2,1-2H3. The zero-order valence-corrected chi connectivity index (χ0v) is 13.8. The number of anilines is 4. The number of fused-ring (bicyclic) bond motifs is 2. The van der Waals surface area contributed by atoms with Gasteiger partial charge in [0.05, 0.1) is 24.4 Å². The van der Waals surface area contributed by atoms with Crippen molar-refractivity contribution in [3.8, 4) is 0 Å². The zero-order chi connectivity index (χ0) is 16.9. The molecular formula is C17H20N4O3. The summed E-state index contributed by atoms with van der Waals surface area (Å²) in [6.45, 7) is 3.03. The van der Waals surface area contributed by atoms with Gasteiger partial charge in [0.1, 0.15) is 6.73 Å². The van der Waals surface area contributed by atoms with Crippen LogP contribution in [0.15, 0.2) is 36.7 Å². The zero-order valence-electron chi connectivity index (χ0n) is 13.8. The molecule has 0 saturated heterocycles. The van der Waals surface area contributed by atoms with Crippen LogP contribution in [-0.2, 0) is 14.3 Å². The summed E-state index contributed by atoms with van der Waals surface area (Å²) in [5.74, 6) is 1.19. The molecule has 0 unspecified atom stereocenters. The molecular weight excluding hydrogens is 308 g/mol. The van der Waals surface area contributed by atoms with E-state index in [9.17, 15) is 4.79 Å². The van der Waals surface area contributed by atoms with Crippen LogP contribution in [0.1, 0.15) is 13.3 Å². The van der Waals surface area contributed by atoms with E-state index < -0.39 is 0 Å². The van der Waals surface area contributed by atoms with Gasteiger partial charge in [-0.05, 0) is 19.1 Å². The number of esters is 1. The Morgan fingerprint density at radius 2 is 1.71 bits per heavy atom. The van der Waals surface area contributed by atoms with Crippen molar-refractivity contribution in [1.29, 1.82) is 0 Å². The normalized spacial score (nSPS) is 12.6. The largest absolute Gasteiger partial charge is 0.466 e. The van der Waals surface area contributed by atoms with E-state index in [2.05, 4.69) is 9.97 Å². The van der Waals surface area contributed by atoms with Crippen molar-refractivity contribution in [2.24, 2.45) is 0 Å². The molecule has 126 valence electrons. The minimum absolute atomic E-state index is 0.222. The lowest BCUT2D eigenvalue weighted by atomic mass is 10.1. The van der Waals surface area contributed by atoms with E-state index in [1.165, 1.54) is 0 Å². The van der Waals surface area contributed by atoms with Crippen LogP contribution in [-0.4, -0.2) is 42.9 Å². The number of rotatable bonds is 6. The SMILES string of the molecule is CCOC(=O)CCN1c2ccccc2N(COC)c2nccnc21. The van der Waals surface area contributed by atoms with Crippen LogP contribution in [0.2, 0.25) is 0 Å². The van der Waals surface area contributed by atoms with Gasteiger partial charge in [-0.1, -0.05) is 12.1 Å². The number of benzene rings is 1. The Labute approximate surface area is 140 Å². The second kappa shape index (κ2) is 7.27. The Kier molecular flexibility index (Phi) is 4.90. The van der Waals surface area contributed by atoms with E-state index in [1.54, 1.807) is 26.4 Å². The average Bonchev–Trinajstić information content (AvgIpc) is 2.61. The molecule has 0 saturated carbocycles. The van der Waals surface area contributed by atoms with Gasteiger partial charge in [-0.2, -0.15) is 0 Å². The smallest absolute Gasteiger partial charge is 0.307 e. The number of ether oxygens (including phenoxy) is 2. The molecule has 7 heteroatoms. The Morgan fingerprint density at radius 1 is 1.08 bits per heavy atom. The van der Waals surface area contributed by atoms with E-state index in [0.29, 0.717) is 31.5 Å². The average molecular weight is 328 g/mol. The molecule has 2 heterocycles. The van der Waals surface area contributed by atoms with Gasteiger partial charge in [0.25, 0.3) is 0 Å². The van der Waals surface area contributed by atoms with Crippen LogP contribution in [0.25, 0.3) is 0 Å². The van der Waals surface area contributed by atoms with E-state index >= 15 is 0 Å². The second-order valence-electron chi connectivity index (χ2n) is 5.24. The first-order chi connectivity index (χ1) is 11.8. The molecule has 0 amide bonds. The molecule has 1 aromatic heterocycles. The summed E-state index contributed by atoms with van der Waals surface area (Å²) in [4.78, 5) is 24.7. The predicted molar refractivity (Wildman–Crippen MR) is 90.7 cm³/mol. The van der Waals surface area contributed by atoms with Crippen LogP contribution < -0.4 is 9.80 Å². The summed E-state index contributed by atoms with van der Waals surface area (Å²) in [5, 5.41) is 0. The fourth-order valence-corrected chi connectivity index (χ4v) is 2.78. The van der Waals surface area contributed by atoms with Gasteiger partial charge in [-0.3, -0.25) is 9.69 Å². The Morgan fingerprint density at radius 3 is 2.33 bits per heavy atom. The predicted octanol–water partition coefficient (Wildman–Crippen LogP) is 2.62. The van der Waals surface area contributed by atoms with Crippen molar-refractivity contribution in [3.05, 3.63) is 36.7 Å². The van der Waals surface area contributed by atoms with Gasteiger partial charge in [-0.25, -0.2) is 9.97 Å². The number of carbonyl (C=O) groups is 1. The number of hydrogen-bond donors (Lipinski definition) is 0. The molecule has 0 spiro atoms. The maximum atomic E-state index is 11.8. The number of para-hydroxylation sites is 2. The van der Waals surface area contributed by atoms with E-state index in [1.807, 2.05) is 34.1 Å². The minimum atomic E-state index is -0.222. The van der Waals surface area contributed by atoms with Crippen LogP contribution in [0.5, 0.6) is 0 Å². The van der Waals surface area contributed by atoms with Crippen molar-refractivity contribution in [2.45, 2.75) is 13.3 Å². The van der Waals surface area contributed by atoms with Crippen molar-refractivity contribution >= 4 is 29.0 Å². The fraction of sp³-hybridized carbons (Fsp3) is 0.353. The third-order valence-corrected chi connectivity index (χ3v) is 3.74. The van der Waals surface area contributed by atoms with Crippen molar-refractivity contribution in [3.63, 3.8) is 0 Å². The van der Waals surface area contributed by atoms with Crippen molar-refractivity contribution in [1.82, 2.24) is 9.97 Å². The highest BCUT2D eigenvalue weighted by molar-refractivity contribution is 5.89. The molecule has 0 atom stereocenters. The first kappa shape index (κ1) is 16.2. The monoisotopic (exact) mass is 328 g/mol. The molecule has 24 heavy (non-hydrogen) atoms. The number of hydrogen-bond acceptors (Lipinski definition) is 7.